The molecule has 4 fully saturated rings. The molecule has 0 saturated heterocycles. The van der Waals surface area contributed by atoms with Crippen molar-refractivity contribution in [2.75, 3.05) is 33.7 Å². The summed E-state index contributed by atoms with van der Waals surface area (Å²) >= 11 is 0. The number of quaternary nitrogens is 1. The molecule has 4 rings (SSSR count). The molecule has 0 aliphatic heterocycles. The number of rotatable bonds is 13. The second-order valence-corrected chi connectivity index (χ2v) is 15.8. The molecule has 38 heavy (non-hydrogen) atoms. The summed E-state index contributed by atoms with van der Waals surface area (Å²) in [6, 6.07) is 0. The Morgan fingerprint density at radius 3 is 2.42 bits per heavy atom. The Kier molecular flexibility index (Phi) is 10.4. The highest BCUT2D eigenvalue weighted by Crippen LogP contribution is 2.68. The molecule has 0 bridgehead atoms. The molecule has 1 amide bonds. The third-order valence-electron chi connectivity index (χ3n) is 13.0. The van der Waals surface area contributed by atoms with Gasteiger partial charge in [-0.3, -0.25) is 4.79 Å². The number of fused-ring (bicyclic) bond motifs is 5. The Labute approximate surface area is 237 Å². The van der Waals surface area contributed by atoms with Crippen LogP contribution in [0.15, 0.2) is 0 Å². The lowest BCUT2D eigenvalue weighted by atomic mass is 9.44. The van der Waals surface area contributed by atoms with Gasteiger partial charge in [-0.25, -0.2) is 0 Å². The zero-order valence-corrected chi connectivity index (χ0v) is 26.5. The highest BCUT2D eigenvalue weighted by molar-refractivity contribution is 5.75. The summed E-state index contributed by atoms with van der Waals surface area (Å²) in [7, 11) is 4.69. The first kappa shape index (κ1) is 30.4. The molecule has 0 radical (unpaired) electrons. The number of hydrogen-bond acceptors (Lipinski definition) is 1. The fraction of sp³-hybridized carbons (Fsp3) is 0.971. The third kappa shape index (κ3) is 6.66. The van der Waals surface area contributed by atoms with E-state index in [1.807, 2.05) is 0 Å². The highest BCUT2D eigenvalue weighted by atomic mass is 16.1. The van der Waals surface area contributed by atoms with E-state index in [9.17, 15) is 4.79 Å². The molecule has 4 saturated carbocycles. The van der Waals surface area contributed by atoms with Crippen molar-refractivity contribution >= 4 is 5.91 Å². The molecule has 3 nitrogen and oxygen atoms in total. The van der Waals surface area contributed by atoms with E-state index in [4.69, 9.17) is 0 Å². The summed E-state index contributed by atoms with van der Waals surface area (Å²) in [6.07, 6.45) is 23.1. The van der Waals surface area contributed by atoms with Gasteiger partial charge < -0.3 is 9.80 Å². The maximum absolute atomic E-state index is 12.7. The number of carbonyl (C=O) groups is 1. The number of nitrogens with zero attached hydrogens (tertiary/aromatic N) is 1. The molecule has 4 unspecified atom stereocenters. The van der Waals surface area contributed by atoms with Crippen LogP contribution in [0.1, 0.15) is 137 Å². The SMILES string of the molecule is CCCCCC[N+](C)(C)CCCNC(=O)CC[C@@H](C)[C@H]1CCC2C3CCC4CCCC[C@]4(C)C3CC[C@@]21C. The van der Waals surface area contributed by atoms with E-state index in [0.717, 1.165) is 66.4 Å². The van der Waals surface area contributed by atoms with Gasteiger partial charge in [0.2, 0.25) is 5.91 Å². The first-order valence-corrected chi connectivity index (χ1v) is 17.2. The Hall–Kier alpha value is -0.570. The summed E-state index contributed by atoms with van der Waals surface area (Å²) < 4.78 is 1.08. The van der Waals surface area contributed by atoms with Crippen LogP contribution < -0.4 is 5.32 Å². The van der Waals surface area contributed by atoms with Crippen molar-refractivity contribution in [3.8, 4) is 0 Å². The van der Waals surface area contributed by atoms with Gasteiger partial charge in [0.25, 0.3) is 0 Å². The average molecular weight is 530 g/mol. The standard InChI is InChI=1S/C35H64N2O/c1-7-8-9-12-25-37(5,6)26-13-24-36-33(38)20-15-27(2)30-18-19-31-29-17-16-28-14-10-11-22-34(28,3)32(29)21-23-35(30,31)4/h27-32H,7-26H2,1-6H3/p+1/t27-,28?,29?,30-,31?,32?,34+,35-/m1/s1. The zero-order chi connectivity index (χ0) is 27.4. The molecular formula is C35H65N2O+. The first-order valence-electron chi connectivity index (χ1n) is 17.2. The van der Waals surface area contributed by atoms with Crippen LogP contribution in [0.4, 0.5) is 0 Å². The van der Waals surface area contributed by atoms with Crippen LogP contribution in [0.5, 0.6) is 0 Å². The van der Waals surface area contributed by atoms with Crippen molar-refractivity contribution in [3.05, 3.63) is 0 Å². The lowest BCUT2D eigenvalue weighted by molar-refractivity contribution is -0.890. The fourth-order valence-corrected chi connectivity index (χ4v) is 10.7. The van der Waals surface area contributed by atoms with Crippen LogP contribution in [-0.2, 0) is 4.79 Å². The first-order chi connectivity index (χ1) is 18.1. The van der Waals surface area contributed by atoms with Gasteiger partial charge in [0, 0.05) is 19.4 Å². The minimum absolute atomic E-state index is 0.289. The molecule has 1 N–H and O–H groups in total. The Balaban J connectivity index is 1.20. The summed E-state index contributed by atoms with van der Waals surface area (Å²) in [5.74, 6) is 5.74. The van der Waals surface area contributed by atoms with Crippen LogP contribution in [0.3, 0.4) is 0 Å². The largest absolute Gasteiger partial charge is 0.356 e. The molecule has 0 aromatic heterocycles. The van der Waals surface area contributed by atoms with Crippen LogP contribution in [0.25, 0.3) is 0 Å². The topological polar surface area (TPSA) is 29.1 Å². The molecule has 4 aliphatic rings. The van der Waals surface area contributed by atoms with Gasteiger partial charge >= 0.3 is 0 Å². The zero-order valence-electron chi connectivity index (χ0n) is 26.5. The summed E-state index contributed by atoms with van der Waals surface area (Å²) in [4.78, 5) is 12.7. The van der Waals surface area contributed by atoms with Gasteiger partial charge in [0.1, 0.15) is 0 Å². The van der Waals surface area contributed by atoms with Crippen molar-refractivity contribution < 1.29 is 9.28 Å². The molecule has 0 heterocycles. The quantitative estimate of drug-likeness (QED) is 0.188. The smallest absolute Gasteiger partial charge is 0.220 e. The molecule has 8 atom stereocenters. The van der Waals surface area contributed by atoms with E-state index in [1.54, 1.807) is 0 Å². The lowest BCUT2D eigenvalue weighted by Crippen LogP contribution is -2.53. The molecule has 3 heteroatoms. The van der Waals surface area contributed by atoms with E-state index in [1.165, 1.54) is 96.4 Å². The number of amides is 1. The highest BCUT2D eigenvalue weighted by Gasteiger charge is 2.60. The second kappa shape index (κ2) is 12.9. The van der Waals surface area contributed by atoms with E-state index < -0.39 is 0 Å². The van der Waals surface area contributed by atoms with Crippen LogP contribution in [0, 0.1) is 46.3 Å². The maximum Gasteiger partial charge on any atom is 0.220 e. The molecule has 0 aromatic rings. The predicted molar refractivity (Wildman–Crippen MR) is 162 cm³/mol. The van der Waals surface area contributed by atoms with Crippen molar-refractivity contribution in [1.82, 2.24) is 5.32 Å². The molecule has 0 aromatic carbocycles. The van der Waals surface area contributed by atoms with E-state index in [-0.39, 0.29) is 5.91 Å². The monoisotopic (exact) mass is 530 g/mol. The predicted octanol–water partition coefficient (Wildman–Crippen LogP) is 8.61. The van der Waals surface area contributed by atoms with Gasteiger partial charge in [-0.05, 0) is 117 Å². The molecule has 0 spiro atoms. The van der Waals surface area contributed by atoms with Crippen molar-refractivity contribution in [1.29, 1.82) is 0 Å². The summed E-state index contributed by atoms with van der Waals surface area (Å²) in [5.41, 5.74) is 1.17. The minimum atomic E-state index is 0.289. The number of carbonyl (C=O) groups excluding carboxylic acids is 1. The number of unbranched alkanes of at least 4 members (excludes halogenated alkanes) is 3. The number of nitrogens with one attached hydrogen (secondary N) is 1. The van der Waals surface area contributed by atoms with Crippen LogP contribution >= 0.6 is 0 Å². The summed E-state index contributed by atoms with van der Waals surface area (Å²) in [6.45, 7) is 13.4. The third-order valence-corrected chi connectivity index (χ3v) is 13.0. The number of hydrogen-bond donors (Lipinski definition) is 1. The minimum Gasteiger partial charge on any atom is -0.356 e. The average Bonchev–Trinajstić information content (AvgIpc) is 3.25. The van der Waals surface area contributed by atoms with Crippen molar-refractivity contribution in [2.24, 2.45) is 46.3 Å². The van der Waals surface area contributed by atoms with E-state index in [2.05, 4.69) is 47.1 Å². The lowest BCUT2D eigenvalue weighted by Gasteiger charge is -2.61. The Bertz CT molecular complexity index is 763. The van der Waals surface area contributed by atoms with E-state index >= 15 is 0 Å². The maximum atomic E-state index is 12.7. The van der Waals surface area contributed by atoms with E-state index in [0.29, 0.717) is 16.7 Å². The molecule has 220 valence electrons. The van der Waals surface area contributed by atoms with Crippen LogP contribution in [-0.4, -0.2) is 44.1 Å². The van der Waals surface area contributed by atoms with Crippen molar-refractivity contribution in [3.63, 3.8) is 0 Å². The van der Waals surface area contributed by atoms with Gasteiger partial charge in [-0.15, -0.1) is 0 Å². The Morgan fingerprint density at radius 1 is 0.868 bits per heavy atom. The van der Waals surface area contributed by atoms with Gasteiger partial charge in [-0.1, -0.05) is 53.4 Å². The molecule has 4 aliphatic carbocycles. The van der Waals surface area contributed by atoms with Crippen molar-refractivity contribution in [2.45, 2.75) is 137 Å². The summed E-state index contributed by atoms with van der Waals surface area (Å²) in [5, 5.41) is 3.26. The van der Waals surface area contributed by atoms with Gasteiger partial charge in [0.05, 0.1) is 27.2 Å². The van der Waals surface area contributed by atoms with Gasteiger partial charge in [-0.2, -0.15) is 0 Å². The fourth-order valence-electron chi connectivity index (χ4n) is 10.7. The normalized spacial score (nSPS) is 37.7. The van der Waals surface area contributed by atoms with Gasteiger partial charge in [0.15, 0.2) is 0 Å². The Morgan fingerprint density at radius 2 is 1.63 bits per heavy atom. The second-order valence-electron chi connectivity index (χ2n) is 15.8. The molecular weight excluding hydrogens is 464 g/mol. The van der Waals surface area contributed by atoms with Crippen LogP contribution in [0.2, 0.25) is 0 Å².